The molecule has 2 rings (SSSR count). The second-order valence-corrected chi connectivity index (χ2v) is 6.31. The smallest absolute Gasteiger partial charge is 0.0453 e. The van der Waals surface area contributed by atoms with Crippen molar-refractivity contribution in [1.82, 2.24) is 5.32 Å². The van der Waals surface area contributed by atoms with E-state index in [4.69, 9.17) is 11.6 Å². The van der Waals surface area contributed by atoms with Gasteiger partial charge in [-0.2, -0.15) is 0 Å². The highest BCUT2D eigenvalue weighted by molar-refractivity contribution is 7.12. The molecule has 18 heavy (non-hydrogen) atoms. The third kappa shape index (κ3) is 3.14. The molecule has 1 nitrogen and oxygen atoms in total. The first-order valence-corrected chi connectivity index (χ1v) is 7.34. The zero-order valence-electron chi connectivity index (χ0n) is 10.9. The Labute approximate surface area is 118 Å². The molecule has 0 aliphatic heterocycles. The summed E-state index contributed by atoms with van der Waals surface area (Å²) in [6.07, 6.45) is 0. The van der Waals surface area contributed by atoms with Crippen molar-refractivity contribution in [2.75, 3.05) is 0 Å². The van der Waals surface area contributed by atoms with Gasteiger partial charge in [-0.25, -0.2) is 0 Å². The number of thiophene rings is 1. The fourth-order valence-electron chi connectivity index (χ4n) is 2.06. The molecule has 0 aliphatic rings. The monoisotopic (exact) mass is 279 g/mol. The standard InChI is InChI=1S/C15H18ClNS/c1-10-8-9-15(18-10)12(3)17-11(2)13-6-4-5-7-14(13)16/h4-9,11-12,17H,1-3H3. The van der Waals surface area contributed by atoms with Gasteiger partial charge in [-0.05, 0) is 44.5 Å². The van der Waals surface area contributed by atoms with Crippen molar-refractivity contribution in [2.45, 2.75) is 32.9 Å². The summed E-state index contributed by atoms with van der Waals surface area (Å²) in [6, 6.07) is 13.0. The summed E-state index contributed by atoms with van der Waals surface area (Å²) in [5, 5.41) is 4.42. The summed E-state index contributed by atoms with van der Waals surface area (Å²) in [4.78, 5) is 2.72. The summed E-state index contributed by atoms with van der Waals surface area (Å²) in [5.41, 5.74) is 1.15. The average Bonchev–Trinajstić information content (AvgIpc) is 2.76. The summed E-state index contributed by atoms with van der Waals surface area (Å²) < 4.78 is 0. The number of halogens is 1. The van der Waals surface area contributed by atoms with Gasteiger partial charge < -0.3 is 5.32 Å². The topological polar surface area (TPSA) is 12.0 Å². The lowest BCUT2D eigenvalue weighted by Crippen LogP contribution is -2.22. The zero-order valence-corrected chi connectivity index (χ0v) is 12.5. The van der Waals surface area contributed by atoms with Crippen molar-refractivity contribution < 1.29 is 0 Å². The predicted molar refractivity (Wildman–Crippen MR) is 80.5 cm³/mol. The summed E-state index contributed by atoms with van der Waals surface area (Å²) in [5.74, 6) is 0. The van der Waals surface area contributed by atoms with Crippen LogP contribution in [-0.4, -0.2) is 0 Å². The van der Waals surface area contributed by atoms with Gasteiger partial charge >= 0.3 is 0 Å². The van der Waals surface area contributed by atoms with Gasteiger partial charge in [-0.15, -0.1) is 11.3 Å². The van der Waals surface area contributed by atoms with E-state index in [0.29, 0.717) is 6.04 Å². The number of hydrogen-bond donors (Lipinski definition) is 1. The maximum absolute atomic E-state index is 6.22. The summed E-state index contributed by atoms with van der Waals surface area (Å²) >= 11 is 8.06. The minimum absolute atomic E-state index is 0.246. The van der Waals surface area contributed by atoms with Gasteiger partial charge in [-0.3, -0.25) is 0 Å². The number of rotatable bonds is 4. The van der Waals surface area contributed by atoms with Crippen molar-refractivity contribution in [3.8, 4) is 0 Å². The molecule has 2 unspecified atom stereocenters. The Kier molecular flexibility index (Phi) is 4.44. The first-order valence-electron chi connectivity index (χ1n) is 6.14. The number of benzene rings is 1. The largest absolute Gasteiger partial charge is 0.303 e. The molecule has 0 aliphatic carbocycles. The fourth-order valence-corrected chi connectivity index (χ4v) is 3.25. The second kappa shape index (κ2) is 5.87. The van der Waals surface area contributed by atoms with Gasteiger partial charge in [0, 0.05) is 26.9 Å². The fraction of sp³-hybridized carbons (Fsp3) is 0.333. The van der Waals surface area contributed by atoms with Crippen LogP contribution in [0.25, 0.3) is 0 Å². The Morgan fingerprint density at radius 1 is 1.06 bits per heavy atom. The quantitative estimate of drug-likeness (QED) is 0.819. The van der Waals surface area contributed by atoms with Crippen LogP contribution in [0.3, 0.4) is 0 Å². The van der Waals surface area contributed by atoms with E-state index in [1.165, 1.54) is 9.75 Å². The van der Waals surface area contributed by atoms with Crippen LogP contribution in [0, 0.1) is 6.92 Å². The van der Waals surface area contributed by atoms with Crippen molar-refractivity contribution >= 4 is 22.9 Å². The van der Waals surface area contributed by atoms with Gasteiger partial charge in [0.1, 0.15) is 0 Å². The zero-order chi connectivity index (χ0) is 13.1. The highest BCUT2D eigenvalue weighted by atomic mass is 35.5. The Morgan fingerprint density at radius 3 is 2.39 bits per heavy atom. The van der Waals surface area contributed by atoms with E-state index < -0.39 is 0 Å². The van der Waals surface area contributed by atoms with E-state index in [1.807, 2.05) is 29.5 Å². The highest BCUT2D eigenvalue weighted by Gasteiger charge is 2.14. The molecule has 0 bridgehead atoms. The molecule has 3 heteroatoms. The van der Waals surface area contributed by atoms with Crippen LogP contribution in [0.4, 0.5) is 0 Å². The SMILES string of the molecule is Cc1ccc(C(C)NC(C)c2ccccc2Cl)s1. The number of nitrogens with one attached hydrogen (secondary N) is 1. The Hall–Kier alpha value is -0.830. The number of aryl methyl sites for hydroxylation is 1. The van der Waals surface area contributed by atoms with E-state index in [1.54, 1.807) is 0 Å². The van der Waals surface area contributed by atoms with Crippen molar-refractivity contribution in [3.05, 3.63) is 56.7 Å². The van der Waals surface area contributed by atoms with Gasteiger partial charge in [0.15, 0.2) is 0 Å². The molecule has 0 fully saturated rings. The molecule has 0 saturated heterocycles. The van der Waals surface area contributed by atoms with Gasteiger partial charge in [0.25, 0.3) is 0 Å². The molecule has 96 valence electrons. The maximum atomic E-state index is 6.22. The molecular formula is C15H18ClNS. The van der Waals surface area contributed by atoms with E-state index in [-0.39, 0.29) is 6.04 Å². The van der Waals surface area contributed by atoms with Gasteiger partial charge in [0.05, 0.1) is 0 Å². The van der Waals surface area contributed by atoms with Crippen LogP contribution in [0.1, 0.15) is 41.2 Å². The van der Waals surface area contributed by atoms with Crippen LogP contribution < -0.4 is 5.32 Å². The molecule has 1 aromatic heterocycles. The lowest BCUT2D eigenvalue weighted by Gasteiger charge is -2.20. The number of hydrogen-bond acceptors (Lipinski definition) is 2. The molecule has 2 atom stereocenters. The third-order valence-corrected chi connectivity index (χ3v) is 4.59. The lowest BCUT2D eigenvalue weighted by atomic mass is 10.1. The summed E-state index contributed by atoms with van der Waals surface area (Å²) in [7, 11) is 0. The molecule has 0 spiro atoms. The minimum atomic E-state index is 0.246. The molecule has 1 aromatic carbocycles. The molecule has 0 radical (unpaired) electrons. The first-order chi connectivity index (χ1) is 8.58. The van der Waals surface area contributed by atoms with Crippen LogP contribution in [0.5, 0.6) is 0 Å². The average molecular weight is 280 g/mol. The molecule has 1 N–H and O–H groups in total. The van der Waals surface area contributed by atoms with E-state index in [2.05, 4.69) is 44.3 Å². The lowest BCUT2D eigenvalue weighted by molar-refractivity contribution is 0.500. The van der Waals surface area contributed by atoms with Gasteiger partial charge in [-0.1, -0.05) is 29.8 Å². The normalized spacial score (nSPS) is 14.4. The first kappa shape index (κ1) is 13.6. The molecular weight excluding hydrogens is 262 g/mol. The molecule has 1 heterocycles. The van der Waals surface area contributed by atoms with Crippen LogP contribution >= 0.6 is 22.9 Å². The Bertz CT molecular complexity index is 521. The predicted octanol–water partition coefficient (Wildman–Crippen LogP) is 5.12. The highest BCUT2D eigenvalue weighted by Crippen LogP contribution is 2.27. The van der Waals surface area contributed by atoms with E-state index in [9.17, 15) is 0 Å². The van der Waals surface area contributed by atoms with Crippen molar-refractivity contribution in [1.29, 1.82) is 0 Å². The molecule has 2 aromatic rings. The maximum Gasteiger partial charge on any atom is 0.0453 e. The Morgan fingerprint density at radius 2 is 1.78 bits per heavy atom. The third-order valence-electron chi connectivity index (χ3n) is 3.06. The van der Waals surface area contributed by atoms with Crippen LogP contribution in [0.2, 0.25) is 5.02 Å². The second-order valence-electron chi connectivity index (χ2n) is 4.58. The van der Waals surface area contributed by atoms with E-state index >= 15 is 0 Å². The van der Waals surface area contributed by atoms with E-state index in [0.717, 1.165) is 10.6 Å². The van der Waals surface area contributed by atoms with Crippen molar-refractivity contribution in [3.63, 3.8) is 0 Å². The minimum Gasteiger partial charge on any atom is -0.303 e. The van der Waals surface area contributed by atoms with Gasteiger partial charge in [0.2, 0.25) is 0 Å². The summed E-state index contributed by atoms with van der Waals surface area (Å²) in [6.45, 7) is 6.48. The van der Waals surface area contributed by atoms with Crippen LogP contribution in [-0.2, 0) is 0 Å². The van der Waals surface area contributed by atoms with Crippen molar-refractivity contribution in [2.24, 2.45) is 0 Å². The molecule has 0 amide bonds. The van der Waals surface area contributed by atoms with Crippen LogP contribution in [0.15, 0.2) is 36.4 Å². The Balaban J connectivity index is 2.08. The molecule has 0 saturated carbocycles.